The van der Waals surface area contributed by atoms with Crippen molar-refractivity contribution in [3.63, 3.8) is 0 Å². The fourth-order valence-corrected chi connectivity index (χ4v) is 1.25. The number of carbonyl (C=O) groups is 1. The van der Waals surface area contributed by atoms with Crippen molar-refractivity contribution in [2.75, 3.05) is 19.8 Å². The predicted molar refractivity (Wildman–Crippen MR) is 61.3 cm³/mol. The fraction of sp³-hybridized carbons (Fsp3) is 0.417. The van der Waals surface area contributed by atoms with E-state index in [2.05, 4.69) is 5.32 Å². The van der Waals surface area contributed by atoms with Crippen molar-refractivity contribution in [2.45, 2.75) is 13.3 Å². The molecule has 0 unspecified atom stereocenters. The van der Waals surface area contributed by atoms with E-state index in [1.807, 2.05) is 19.1 Å². The van der Waals surface area contributed by atoms with Crippen LogP contribution in [0.25, 0.3) is 0 Å². The van der Waals surface area contributed by atoms with E-state index in [4.69, 9.17) is 9.84 Å². The summed E-state index contributed by atoms with van der Waals surface area (Å²) in [5, 5.41) is 11.8. The van der Waals surface area contributed by atoms with E-state index >= 15 is 0 Å². The molecule has 0 atom stereocenters. The zero-order valence-electron chi connectivity index (χ0n) is 9.40. The van der Waals surface area contributed by atoms with Crippen LogP contribution >= 0.6 is 0 Å². The molecule has 0 radical (unpaired) electrons. The van der Waals surface area contributed by atoms with Crippen LogP contribution in [0.15, 0.2) is 24.3 Å². The van der Waals surface area contributed by atoms with Crippen molar-refractivity contribution in [1.29, 1.82) is 0 Å². The lowest BCUT2D eigenvalue weighted by Crippen LogP contribution is -2.29. The highest BCUT2D eigenvalue weighted by molar-refractivity contribution is 5.77. The molecule has 0 aliphatic carbocycles. The van der Waals surface area contributed by atoms with Crippen LogP contribution in [0.4, 0.5) is 0 Å². The molecule has 2 N–H and O–H groups in total. The largest absolute Gasteiger partial charge is 0.508 e. The van der Waals surface area contributed by atoms with Gasteiger partial charge in [0.1, 0.15) is 12.4 Å². The zero-order valence-corrected chi connectivity index (χ0v) is 9.40. The lowest BCUT2D eigenvalue weighted by Gasteiger charge is -2.05. The molecule has 4 nitrogen and oxygen atoms in total. The van der Waals surface area contributed by atoms with Crippen LogP contribution in [0.2, 0.25) is 0 Å². The summed E-state index contributed by atoms with van der Waals surface area (Å²) >= 11 is 0. The maximum Gasteiger partial charge on any atom is 0.246 e. The minimum absolute atomic E-state index is 0.0966. The molecule has 0 spiro atoms. The zero-order chi connectivity index (χ0) is 11.8. The quantitative estimate of drug-likeness (QED) is 0.759. The maximum atomic E-state index is 11.2. The molecule has 0 saturated heterocycles. The van der Waals surface area contributed by atoms with Crippen LogP contribution < -0.4 is 5.32 Å². The Morgan fingerprint density at radius 3 is 2.69 bits per heavy atom. The van der Waals surface area contributed by atoms with Gasteiger partial charge in [0.15, 0.2) is 0 Å². The van der Waals surface area contributed by atoms with Crippen LogP contribution in [0.1, 0.15) is 12.5 Å². The lowest BCUT2D eigenvalue weighted by atomic mass is 10.1. The summed E-state index contributed by atoms with van der Waals surface area (Å²) in [6.45, 7) is 3.10. The van der Waals surface area contributed by atoms with Gasteiger partial charge >= 0.3 is 0 Å². The minimum Gasteiger partial charge on any atom is -0.508 e. The number of carbonyl (C=O) groups excluding carboxylic acids is 1. The van der Waals surface area contributed by atoms with Crippen molar-refractivity contribution in [2.24, 2.45) is 0 Å². The van der Waals surface area contributed by atoms with Gasteiger partial charge in [0.25, 0.3) is 0 Å². The van der Waals surface area contributed by atoms with E-state index in [0.717, 1.165) is 12.0 Å². The topological polar surface area (TPSA) is 58.6 Å². The molecule has 1 aromatic carbocycles. The second-order valence-electron chi connectivity index (χ2n) is 3.40. The number of phenolic OH excluding ortho intramolecular Hbond substituents is 1. The van der Waals surface area contributed by atoms with Crippen LogP contribution in [-0.4, -0.2) is 30.8 Å². The Hall–Kier alpha value is -1.55. The van der Waals surface area contributed by atoms with Crippen molar-refractivity contribution in [3.8, 4) is 5.75 Å². The molecule has 0 heterocycles. The number of amides is 1. The van der Waals surface area contributed by atoms with Gasteiger partial charge in [0, 0.05) is 13.2 Å². The summed E-state index contributed by atoms with van der Waals surface area (Å²) in [7, 11) is 0. The Morgan fingerprint density at radius 1 is 1.38 bits per heavy atom. The highest BCUT2D eigenvalue weighted by Crippen LogP contribution is 2.09. The third-order valence-electron chi connectivity index (χ3n) is 2.11. The second-order valence-corrected chi connectivity index (χ2v) is 3.40. The van der Waals surface area contributed by atoms with Crippen molar-refractivity contribution in [1.82, 2.24) is 5.32 Å². The third kappa shape index (κ3) is 4.79. The smallest absolute Gasteiger partial charge is 0.246 e. The first kappa shape index (κ1) is 12.5. The average molecular weight is 223 g/mol. The van der Waals surface area contributed by atoms with E-state index in [0.29, 0.717) is 13.2 Å². The Bertz CT molecular complexity index is 322. The van der Waals surface area contributed by atoms with E-state index in [9.17, 15) is 4.79 Å². The van der Waals surface area contributed by atoms with Crippen LogP contribution in [-0.2, 0) is 16.0 Å². The molecule has 1 amide bonds. The molecule has 16 heavy (non-hydrogen) atoms. The Labute approximate surface area is 95.2 Å². The molecule has 0 fully saturated rings. The fourth-order valence-electron chi connectivity index (χ4n) is 1.25. The predicted octanol–water partition coefficient (Wildman–Crippen LogP) is 1.09. The molecular weight excluding hydrogens is 206 g/mol. The molecule has 0 bridgehead atoms. The molecule has 0 aliphatic heterocycles. The molecule has 1 aromatic rings. The van der Waals surface area contributed by atoms with E-state index in [1.54, 1.807) is 12.1 Å². The summed E-state index contributed by atoms with van der Waals surface area (Å²) in [5.74, 6) is 0.157. The van der Waals surface area contributed by atoms with Gasteiger partial charge in [-0.15, -0.1) is 0 Å². The van der Waals surface area contributed by atoms with Crippen molar-refractivity contribution < 1.29 is 14.6 Å². The van der Waals surface area contributed by atoms with Gasteiger partial charge in [0.2, 0.25) is 5.91 Å². The molecule has 4 heteroatoms. The van der Waals surface area contributed by atoms with Crippen LogP contribution in [0.5, 0.6) is 5.75 Å². The summed E-state index contributed by atoms with van der Waals surface area (Å²) in [6.07, 6.45) is 0.748. The summed E-state index contributed by atoms with van der Waals surface area (Å²) in [4.78, 5) is 11.2. The first-order chi connectivity index (χ1) is 7.72. The molecule has 0 aliphatic rings. The third-order valence-corrected chi connectivity index (χ3v) is 2.11. The molecule has 0 aromatic heterocycles. The number of ether oxygens (including phenoxy) is 1. The molecular formula is C12H17NO3. The summed E-state index contributed by atoms with van der Waals surface area (Å²) in [5.41, 5.74) is 1.08. The van der Waals surface area contributed by atoms with Crippen molar-refractivity contribution in [3.05, 3.63) is 29.8 Å². The number of nitrogens with one attached hydrogen (secondary N) is 1. The minimum atomic E-state index is -0.0966. The number of hydrogen-bond donors (Lipinski definition) is 2. The van der Waals surface area contributed by atoms with E-state index < -0.39 is 0 Å². The van der Waals surface area contributed by atoms with Gasteiger partial charge in [-0.3, -0.25) is 4.79 Å². The maximum absolute atomic E-state index is 11.2. The van der Waals surface area contributed by atoms with Gasteiger partial charge in [-0.25, -0.2) is 0 Å². The Morgan fingerprint density at radius 2 is 2.06 bits per heavy atom. The van der Waals surface area contributed by atoms with Gasteiger partial charge in [-0.2, -0.15) is 0 Å². The van der Waals surface area contributed by atoms with Gasteiger partial charge in [0.05, 0.1) is 0 Å². The molecule has 88 valence electrons. The monoisotopic (exact) mass is 223 g/mol. The highest BCUT2D eigenvalue weighted by Gasteiger charge is 1.99. The molecule has 1 rings (SSSR count). The first-order valence-corrected chi connectivity index (χ1v) is 5.34. The van der Waals surface area contributed by atoms with Gasteiger partial charge in [-0.05, 0) is 31.0 Å². The van der Waals surface area contributed by atoms with Gasteiger partial charge < -0.3 is 15.2 Å². The van der Waals surface area contributed by atoms with Gasteiger partial charge in [-0.1, -0.05) is 12.1 Å². The van der Waals surface area contributed by atoms with Crippen LogP contribution in [0.3, 0.4) is 0 Å². The number of hydrogen-bond acceptors (Lipinski definition) is 3. The van der Waals surface area contributed by atoms with E-state index in [1.165, 1.54) is 0 Å². The van der Waals surface area contributed by atoms with Crippen LogP contribution in [0, 0.1) is 0 Å². The van der Waals surface area contributed by atoms with Crippen molar-refractivity contribution >= 4 is 5.91 Å². The summed E-state index contributed by atoms with van der Waals surface area (Å²) in [6, 6.07) is 6.95. The number of benzene rings is 1. The Kier molecular flexibility index (Phi) is 5.36. The summed E-state index contributed by atoms with van der Waals surface area (Å²) < 4.78 is 4.97. The first-order valence-electron chi connectivity index (χ1n) is 5.34. The highest BCUT2D eigenvalue weighted by atomic mass is 16.5. The number of phenols is 1. The second kappa shape index (κ2) is 6.85. The lowest BCUT2D eigenvalue weighted by molar-refractivity contribution is -0.125. The average Bonchev–Trinajstić information content (AvgIpc) is 2.29. The normalized spacial score (nSPS) is 10.1. The Balaban J connectivity index is 2.20. The number of rotatable bonds is 6. The SMILES string of the molecule is CCOCC(=O)NCCc1ccc(O)cc1. The number of aromatic hydroxyl groups is 1. The van der Waals surface area contributed by atoms with E-state index in [-0.39, 0.29) is 18.3 Å². The standard InChI is InChI=1S/C12H17NO3/c1-2-16-9-12(15)13-8-7-10-3-5-11(14)6-4-10/h3-6,14H,2,7-9H2,1H3,(H,13,15). The molecule has 0 saturated carbocycles.